The van der Waals surface area contributed by atoms with Crippen LogP contribution in [0.15, 0.2) is 41.6 Å². The summed E-state index contributed by atoms with van der Waals surface area (Å²) in [5.74, 6) is -0.267. The van der Waals surface area contributed by atoms with Crippen LogP contribution >= 0.6 is 0 Å². The van der Waals surface area contributed by atoms with Gasteiger partial charge in [0.05, 0.1) is 23.9 Å². The molecule has 1 aromatic carbocycles. The molecule has 3 rings (SSSR count). The number of ether oxygens (including phenoxy) is 1. The predicted molar refractivity (Wildman–Crippen MR) is 76.8 cm³/mol. The number of nitrogens with zero attached hydrogens (tertiary/aromatic N) is 4. The van der Waals surface area contributed by atoms with Gasteiger partial charge in [0.15, 0.2) is 5.69 Å². The number of rotatable bonds is 4. The van der Waals surface area contributed by atoms with Crippen molar-refractivity contribution in [2.24, 2.45) is 0 Å². The van der Waals surface area contributed by atoms with Gasteiger partial charge in [0.25, 0.3) is 5.56 Å². The fourth-order valence-electron chi connectivity index (χ4n) is 2.12. The number of hydrogen-bond acceptors (Lipinski definition) is 5. The highest BCUT2D eigenvalue weighted by molar-refractivity contribution is 5.71. The van der Waals surface area contributed by atoms with Crippen molar-refractivity contribution in [2.45, 2.75) is 12.8 Å². The summed E-state index contributed by atoms with van der Waals surface area (Å²) >= 11 is 0. The summed E-state index contributed by atoms with van der Waals surface area (Å²) in [7, 11) is 0. The third kappa shape index (κ3) is 3.68. The molecular weight excluding hydrogens is 365 g/mol. The summed E-state index contributed by atoms with van der Waals surface area (Å²) in [6.07, 6.45) is -3.02. The molecule has 0 atom stereocenters. The van der Waals surface area contributed by atoms with Crippen molar-refractivity contribution in [2.75, 3.05) is 0 Å². The monoisotopic (exact) mass is 373 g/mol. The van der Waals surface area contributed by atoms with Crippen molar-refractivity contribution in [3.05, 3.63) is 52.8 Å². The SMILES string of the molecule is O=c1cc(-c2cc(OC(F)F)ccc2-n2cc(C(F)(F)F)nn2)nc[nH]1. The van der Waals surface area contributed by atoms with Crippen molar-refractivity contribution in [3.8, 4) is 22.7 Å². The Labute approximate surface area is 141 Å². The molecule has 0 unspecified atom stereocenters. The van der Waals surface area contributed by atoms with Gasteiger partial charge in [0.1, 0.15) is 5.75 Å². The third-order valence-corrected chi connectivity index (χ3v) is 3.18. The maximum Gasteiger partial charge on any atom is 0.436 e. The van der Waals surface area contributed by atoms with Crippen LogP contribution in [0.1, 0.15) is 5.69 Å². The topological polar surface area (TPSA) is 85.7 Å². The molecule has 0 saturated heterocycles. The molecule has 0 saturated carbocycles. The Hall–Kier alpha value is -3.31. The van der Waals surface area contributed by atoms with E-state index >= 15 is 0 Å². The number of aromatic amines is 1. The Morgan fingerprint density at radius 3 is 2.58 bits per heavy atom. The molecule has 0 radical (unpaired) electrons. The van der Waals surface area contributed by atoms with Gasteiger partial charge < -0.3 is 9.72 Å². The number of nitrogens with one attached hydrogen (secondary N) is 1. The van der Waals surface area contributed by atoms with Crippen LogP contribution in [-0.2, 0) is 6.18 Å². The van der Waals surface area contributed by atoms with Gasteiger partial charge in [-0.05, 0) is 18.2 Å². The number of aromatic nitrogens is 5. The van der Waals surface area contributed by atoms with E-state index in [0.717, 1.165) is 29.2 Å². The lowest BCUT2D eigenvalue weighted by Crippen LogP contribution is -2.07. The fraction of sp³-hybridized carbons (Fsp3) is 0.143. The summed E-state index contributed by atoms with van der Waals surface area (Å²) in [5, 5.41) is 6.43. The molecule has 7 nitrogen and oxygen atoms in total. The summed E-state index contributed by atoms with van der Waals surface area (Å²) in [4.78, 5) is 17.6. The van der Waals surface area contributed by atoms with Gasteiger partial charge in [-0.25, -0.2) is 9.67 Å². The van der Waals surface area contributed by atoms with E-state index in [1.54, 1.807) is 0 Å². The zero-order chi connectivity index (χ0) is 18.9. The zero-order valence-corrected chi connectivity index (χ0v) is 12.5. The van der Waals surface area contributed by atoms with Crippen molar-refractivity contribution in [1.82, 2.24) is 25.0 Å². The summed E-state index contributed by atoms with van der Waals surface area (Å²) in [5.41, 5.74) is -1.68. The Morgan fingerprint density at radius 2 is 1.96 bits per heavy atom. The summed E-state index contributed by atoms with van der Waals surface area (Å²) in [6, 6.07) is 4.47. The van der Waals surface area contributed by atoms with Crippen LogP contribution in [0.4, 0.5) is 22.0 Å². The van der Waals surface area contributed by atoms with Crippen LogP contribution in [0.5, 0.6) is 5.75 Å². The Bertz CT molecular complexity index is 982. The van der Waals surface area contributed by atoms with Gasteiger partial charge in [0.2, 0.25) is 0 Å². The number of benzene rings is 1. The summed E-state index contributed by atoms with van der Waals surface area (Å²) < 4.78 is 68.1. The molecule has 2 heterocycles. The molecule has 0 aliphatic carbocycles. The van der Waals surface area contributed by atoms with E-state index < -0.39 is 24.0 Å². The first kappa shape index (κ1) is 17.5. The molecule has 1 N–H and O–H groups in total. The first-order chi connectivity index (χ1) is 12.2. The van der Waals surface area contributed by atoms with Crippen molar-refractivity contribution >= 4 is 0 Å². The van der Waals surface area contributed by atoms with Gasteiger partial charge >= 0.3 is 12.8 Å². The van der Waals surface area contributed by atoms with Crippen molar-refractivity contribution in [3.63, 3.8) is 0 Å². The maximum absolute atomic E-state index is 12.7. The molecule has 136 valence electrons. The molecule has 12 heteroatoms. The fourth-order valence-corrected chi connectivity index (χ4v) is 2.12. The zero-order valence-electron chi connectivity index (χ0n) is 12.5. The van der Waals surface area contributed by atoms with Gasteiger partial charge in [-0.3, -0.25) is 4.79 Å². The molecule has 0 aliphatic rings. The minimum Gasteiger partial charge on any atom is -0.435 e. The molecular formula is C14H8F5N5O2. The lowest BCUT2D eigenvalue weighted by Gasteiger charge is -2.11. The second-order valence-corrected chi connectivity index (χ2v) is 4.90. The molecule has 0 spiro atoms. The van der Waals surface area contributed by atoms with Gasteiger partial charge in [-0.1, -0.05) is 5.21 Å². The Morgan fingerprint density at radius 1 is 1.19 bits per heavy atom. The number of alkyl halides is 5. The van der Waals surface area contributed by atoms with E-state index in [0.29, 0.717) is 6.20 Å². The van der Waals surface area contributed by atoms with E-state index in [9.17, 15) is 26.7 Å². The number of hydrogen-bond donors (Lipinski definition) is 1. The Kier molecular flexibility index (Phi) is 4.40. The van der Waals surface area contributed by atoms with E-state index in [1.807, 2.05) is 0 Å². The average Bonchev–Trinajstić information content (AvgIpc) is 3.04. The second-order valence-electron chi connectivity index (χ2n) is 4.90. The van der Waals surface area contributed by atoms with Crippen molar-refractivity contribution in [1.29, 1.82) is 0 Å². The van der Waals surface area contributed by atoms with Crippen LogP contribution in [0, 0.1) is 0 Å². The van der Waals surface area contributed by atoms with Crippen LogP contribution < -0.4 is 10.3 Å². The number of halogens is 5. The molecule has 0 fully saturated rings. The lowest BCUT2D eigenvalue weighted by molar-refractivity contribution is -0.141. The normalized spacial score (nSPS) is 11.8. The van der Waals surface area contributed by atoms with Crippen LogP contribution in [0.2, 0.25) is 0 Å². The van der Waals surface area contributed by atoms with Gasteiger partial charge in [0, 0.05) is 11.6 Å². The predicted octanol–water partition coefficient (Wildman–Crippen LogP) is 2.64. The highest BCUT2D eigenvalue weighted by atomic mass is 19.4. The van der Waals surface area contributed by atoms with Crippen LogP contribution in [0.25, 0.3) is 16.9 Å². The van der Waals surface area contributed by atoms with E-state index in [-0.39, 0.29) is 22.7 Å². The Balaban J connectivity index is 2.15. The van der Waals surface area contributed by atoms with Crippen LogP contribution in [-0.4, -0.2) is 31.6 Å². The first-order valence-electron chi connectivity index (χ1n) is 6.88. The van der Waals surface area contributed by atoms with Gasteiger partial charge in [-0.2, -0.15) is 22.0 Å². The minimum atomic E-state index is -4.71. The second kappa shape index (κ2) is 6.54. The smallest absolute Gasteiger partial charge is 0.435 e. The number of H-pyrrole nitrogens is 1. The quantitative estimate of drug-likeness (QED) is 0.711. The van der Waals surface area contributed by atoms with Gasteiger partial charge in [-0.15, -0.1) is 5.10 Å². The first-order valence-corrected chi connectivity index (χ1v) is 6.88. The molecule has 0 aliphatic heterocycles. The molecule has 3 aromatic rings. The largest absolute Gasteiger partial charge is 0.436 e. The molecule has 0 bridgehead atoms. The lowest BCUT2D eigenvalue weighted by atomic mass is 10.1. The molecule has 26 heavy (non-hydrogen) atoms. The van der Waals surface area contributed by atoms with E-state index in [2.05, 4.69) is 25.0 Å². The summed E-state index contributed by atoms with van der Waals surface area (Å²) in [6.45, 7) is -3.11. The average molecular weight is 373 g/mol. The third-order valence-electron chi connectivity index (χ3n) is 3.18. The molecule has 2 aromatic heterocycles. The van der Waals surface area contributed by atoms with E-state index in [1.165, 1.54) is 6.07 Å². The highest BCUT2D eigenvalue weighted by Gasteiger charge is 2.34. The standard InChI is InChI=1S/C14H8F5N5O2/c15-13(16)26-7-1-2-10(24-5-11(22-23-24)14(17,18)19)8(3-7)9-4-12(25)21-6-20-9/h1-6,13H,(H,20,21,25). The highest BCUT2D eigenvalue weighted by Crippen LogP contribution is 2.31. The van der Waals surface area contributed by atoms with Crippen LogP contribution in [0.3, 0.4) is 0 Å². The minimum absolute atomic E-state index is 0.0209. The maximum atomic E-state index is 12.7. The van der Waals surface area contributed by atoms with E-state index in [4.69, 9.17) is 0 Å². The molecule has 0 amide bonds. The van der Waals surface area contributed by atoms with Crippen molar-refractivity contribution < 1.29 is 26.7 Å².